The average Bonchev–Trinajstić information content (AvgIpc) is 3.78. The third-order valence-electron chi connectivity index (χ3n) is 10.9. The SMILES string of the molecule is c1ccc(-c2ccc(-n3c4ccccc4c4cc5c6ccccc6n(-c6cccc(-c7cc(-c8ccccc8)nc(-c8ccccc8)n7)c6)c5cc43)cc2)cc1. The van der Waals surface area contributed by atoms with Gasteiger partial charge in [-0.2, -0.15) is 0 Å². The fourth-order valence-electron chi connectivity index (χ4n) is 8.29. The maximum Gasteiger partial charge on any atom is 0.160 e. The first kappa shape index (κ1) is 31.9. The monoisotopic (exact) mass is 714 g/mol. The van der Waals surface area contributed by atoms with E-state index in [1.165, 1.54) is 43.7 Å². The van der Waals surface area contributed by atoms with Gasteiger partial charge in [-0.3, -0.25) is 0 Å². The molecule has 0 spiro atoms. The molecule has 56 heavy (non-hydrogen) atoms. The first-order valence-corrected chi connectivity index (χ1v) is 19.0. The predicted molar refractivity (Wildman–Crippen MR) is 232 cm³/mol. The van der Waals surface area contributed by atoms with Crippen molar-refractivity contribution < 1.29 is 0 Å². The van der Waals surface area contributed by atoms with Gasteiger partial charge in [0.2, 0.25) is 0 Å². The Kier molecular flexibility index (Phi) is 7.46. The van der Waals surface area contributed by atoms with Crippen molar-refractivity contribution in [3.63, 3.8) is 0 Å². The summed E-state index contributed by atoms with van der Waals surface area (Å²) >= 11 is 0. The first-order chi connectivity index (χ1) is 27.8. The Hall–Kier alpha value is -7.56. The standard InChI is InChI=1S/C52H34N4/c1-4-15-35(16-5-1)36-27-29-40(30-28-36)55-48-25-12-10-23-42(48)44-32-45-43-24-11-13-26-49(43)56(51(45)34-50(44)55)41-22-14-21-39(31-41)47-33-46(37-17-6-2-7-18-37)53-52(54-47)38-19-8-3-9-20-38/h1-34H. The van der Waals surface area contributed by atoms with Crippen LogP contribution in [0.25, 0.3) is 100 Å². The molecule has 0 aliphatic heterocycles. The molecule has 8 aromatic carbocycles. The number of hydrogen-bond acceptors (Lipinski definition) is 2. The van der Waals surface area contributed by atoms with Gasteiger partial charge in [0.25, 0.3) is 0 Å². The van der Waals surface area contributed by atoms with Crippen molar-refractivity contribution in [3.8, 4) is 56.4 Å². The van der Waals surface area contributed by atoms with Crippen LogP contribution in [-0.4, -0.2) is 19.1 Å². The molecule has 11 rings (SSSR count). The molecule has 0 amide bonds. The number of nitrogens with zero attached hydrogens (tertiary/aromatic N) is 4. The van der Waals surface area contributed by atoms with Gasteiger partial charge in [-0.05, 0) is 65.7 Å². The fourth-order valence-corrected chi connectivity index (χ4v) is 8.29. The van der Waals surface area contributed by atoms with E-state index >= 15 is 0 Å². The third-order valence-corrected chi connectivity index (χ3v) is 10.9. The molecule has 262 valence electrons. The van der Waals surface area contributed by atoms with Gasteiger partial charge in [-0.1, -0.05) is 152 Å². The lowest BCUT2D eigenvalue weighted by molar-refractivity contribution is 1.16. The van der Waals surface area contributed by atoms with E-state index in [0.29, 0.717) is 5.82 Å². The van der Waals surface area contributed by atoms with E-state index in [4.69, 9.17) is 9.97 Å². The van der Waals surface area contributed by atoms with Gasteiger partial charge in [0, 0.05) is 49.6 Å². The van der Waals surface area contributed by atoms with E-state index in [0.717, 1.165) is 50.5 Å². The molecule has 0 aliphatic rings. The van der Waals surface area contributed by atoms with Crippen LogP contribution in [0, 0.1) is 0 Å². The van der Waals surface area contributed by atoms with Crippen LogP contribution in [0.3, 0.4) is 0 Å². The Morgan fingerprint density at radius 3 is 1.38 bits per heavy atom. The van der Waals surface area contributed by atoms with Crippen LogP contribution in [0.2, 0.25) is 0 Å². The molecule has 0 atom stereocenters. The zero-order valence-electron chi connectivity index (χ0n) is 30.4. The van der Waals surface area contributed by atoms with E-state index in [2.05, 4.69) is 191 Å². The number of fused-ring (bicyclic) bond motifs is 6. The molecule has 3 heterocycles. The van der Waals surface area contributed by atoms with Crippen molar-refractivity contribution >= 4 is 43.6 Å². The zero-order valence-corrected chi connectivity index (χ0v) is 30.4. The second-order valence-electron chi connectivity index (χ2n) is 14.2. The molecule has 0 aliphatic carbocycles. The first-order valence-electron chi connectivity index (χ1n) is 19.0. The molecule has 0 unspecified atom stereocenters. The lowest BCUT2D eigenvalue weighted by Crippen LogP contribution is -1.98. The van der Waals surface area contributed by atoms with E-state index < -0.39 is 0 Å². The summed E-state index contributed by atoms with van der Waals surface area (Å²) in [6, 6.07) is 73.2. The maximum absolute atomic E-state index is 5.16. The Morgan fingerprint density at radius 2 is 0.750 bits per heavy atom. The van der Waals surface area contributed by atoms with Gasteiger partial charge in [0.05, 0.1) is 33.5 Å². The molecule has 11 aromatic rings. The minimum absolute atomic E-state index is 0.705. The maximum atomic E-state index is 5.16. The van der Waals surface area contributed by atoms with Crippen LogP contribution in [0.4, 0.5) is 0 Å². The average molecular weight is 715 g/mol. The molecule has 3 aromatic heterocycles. The lowest BCUT2D eigenvalue weighted by Gasteiger charge is -2.13. The quantitative estimate of drug-likeness (QED) is 0.172. The van der Waals surface area contributed by atoms with Crippen molar-refractivity contribution in [1.82, 2.24) is 19.1 Å². The van der Waals surface area contributed by atoms with E-state index in [1.807, 2.05) is 24.3 Å². The summed E-state index contributed by atoms with van der Waals surface area (Å²) in [5, 5.41) is 4.92. The predicted octanol–water partition coefficient (Wildman–Crippen LogP) is 13.3. The van der Waals surface area contributed by atoms with Crippen LogP contribution >= 0.6 is 0 Å². The largest absolute Gasteiger partial charge is 0.309 e. The highest BCUT2D eigenvalue weighted by Crippen LogP contribution is 2.40. The molecule has 0 radical (unpaired) electrons. The number of aromatic nitrogens is 4. The topological polar surface area (TPSA) is 35.6 Å². The summed E-state index contributed by atoms with van der Waals surface area (Å²) < 4.78 is 4.82. The summed E-state index contributed by atoms with van der Waals surface area (Å²) in [7, 11) is 0. The van der Waals surface area contributed by atoms with Crippen molar-refractivity contribution in [2.45, 2.75) is 0 Å². The van der Waals surface area contributed by atoms with Gasteiger partial charge in [-0.25, -0.2) is 9.97 Å². The number of benzene rings is 8. The van der Waals surface area contributed by atoms with Gasteiger partial charge in [-0.15, -0.1) is 0 Å². The van der Waals surface area contributed by atoms with Crippen molar-refractivity contribution in [2.75, 3.05) is 0 Å². The molecule has 4 nitrogen and oxygen atoms in total. The van der Waals surface area contributed by atoms with Crippen molar-refractivity contribution in [1.29, 1.82) is 0 Å². The van der Waals surface area contributed by atoms with E-state index in [1.54, 1.807) is 0 Å². The Morgan fingerprint density at radius 1 is 0.268 bits per heavy atom. The molecule has 0 saturated heterocycles. The second kappa shape index (κ2) is 13.1. The summed E-state index contributed by atoms with van der Waals surface area (Å²) in [6.45, 7) is 0. The second-order valence-corrected chi connectivity index (χ2v) is 14.2. The van der Waals surface area contributed by atoms with E-state index in [9.17, 15) is 0 Å². The molecular weight excluding hydrogens is 681 g/mol. The highest BCUT2D eigenvalue weighted by atomic mass is 15.0. The number of rotatable bonds is 6. The van der Waals surface area contributed by atoms with Gasteiger partial charge in [0.1, 0.15) is 0 Å². The molecule has 0 saturated carbocycles. The normalized spacial score (nSPS) is 11.6. The molecule has 0 bridgehead atoms. The lowest BCUT2D eigenvalue weighted by atomic mass is 10.1. The molecule has 4 heteroatoms. The highest BCUT2D eigenvalue weighted by Gasteiger charge is 2.19. The molecule has 0 fully saturated rings. The Balaban J connectivity index is 1.12. The molecular formula is C52H34N4. The van der Waals surface area contributed by atoms with Crippen molar-refractivity contribution in [3.05, 3.63) is 206 Å². The van der Waals surface area contributed by atoms with Crippen LogP contribution < -0.4 is 0 Å². The van der Waals surface area contributed by atoms with Gasteiger partial charge >= 0.3 is 0 Å². The third kappa shape index (κ3) is 5.31. The van der Waals surface area contributed by atoms with Crippen LogP contribution in [-0.2, 0) is 0 Å². The zero-order chi connectivity index (χ0) is 37.0. The fraction of sp³-hybridized carbons (Fsp3) is 0. The number of hydrogen-bond donors (Lipinski definition) is 0. The van der Waals surface area contributed by atoms with Crippen LogP contribution in [0.5, 0.6) is 0 Å². The summed E-state index contributed by atoms with van der Waals surface area (Å²) in [5.41, 5.74) is 14.1. The Bertz CT molecular complexity index is 3160. The smallest absolute Gasteiger partial charge is 0.160 e. The van der Waals surface area contributed by atoms with Crippen molar-refractivity contribution in [2.24, 2.45) is 0 Å². The van der Waals surface area contributed by atoms with Gasteiger partial charge < -0.3 is 9.13 Å². The van der Waals surface area contributed by atoms with Gasteiger partial charge in [0.15, 0.2) is 5.82 Å². The Labute approximate surface area is 324 Å². The van der Waals surface area contributed by atoms with E-state index in [-0.39, 0.29) is 0 Å². The molecule has 0 N–H and O–H groups in total. The summed E-state index contributed by atoms with van der Waals surface area (Å²) in [5.74, 6) is 0.705. The van der Waals surface area contributed by atoms with Crippen LogP contribution in [0.1, 0.15) is 0 Å². The highest BCUT2D eigenvalue weighted by molar-refractivity contribution is 6.19. The number of para-hydroxylation sites is 2. The minimum Gasteiger partial charge on any atom is -0.309 e. The summed E-state index contributed by atoms with van der Waals surface area (Å²) in [6.07, 6.45) is 0. The summed E-state index contributed by atoms with van der Waals surface area (Å²) in [4.78, 5) is 10.2. The minimum atomic E-state index is 0.705. The van der Waals surface area contributed by atoms with Crippen LogP contribution in [0.15, 0.2) is 206 Å².